The van der Waals surface area contributed by atoms with E-state index in [1.165, 1.54) is 0 Å². The average molecular weight is 171 g/mol. The summed E-state index contributed by atoms with van der Waals surface area (Å²) in [5.41, 5.74) is 0. The molecule has 0 saturated carbocycles. The van der Waals surface area contributed by atoms with Gasteiger partial charge < -0.3 is 0 Å². The first-order valence-corrected chi connectivity index (χ1v) is 4.50. The molecule has 2 N–H and O–H groups in total. The van der Waals surface area contributed by atoms with Crippen molar-refractivity contribution < 1.29 is 0 Å². The zero-order valence-electron chi connectivity index (χ0n) is 6.82. The fraction of sp³-hybridized carbons (Fsp3) is 0.571. The smallest absolute Gasteiger partial charge is 0.199 e. The molecule has 1 rings (SSSR count). The van der Waals surface area contributed by atoms with Crippen LogP contribution in [0.25, 0.3) is 0 Å². The van der Waals surface area contributed by atoms with E-state index in [1.54, 1.807) is 22.5 Å². The average Bonchev–Trinajstić information content (AvgIpc) is 2.35. The van der Waals surface area contributed by atoms with Gasteiger partial charge in [-0.2, -0.15) is 0 Å². The van der Waals surface area contributed by atoms with Gasteiger partial charge >= 0.3 is 0 Å². The summed E-state index contributed by atoms with van der Waals surface area (Å²) < 4.78 is 0. The second-order valence-electron chi connectivity index (χ2n) is 2.86. The summed E-state index contributed by atoms with van der Waals surface area (Å²) >= 11 is 1.56. The second-order valence-corrected chi connectivity index (χ2v) is 3.73. The molecular weight excluding hydrogens is 158 g/mol. The number of aromatic nitrogens is 1. The fourth-order valence-electron chi connectivity index (χ4n) is 0.829. The number of hydrogen-bond acceptors (Lipinski definition) is 4. The molecule has 11 heavy (non-hydrogen) atoms. The van der Waals surface area contributed by atoms with Crippen LogP contribution in [0.3, 0.4) is 0 Å². The Labute approximate surface area is 70.8 Å². The maximum atomic E-state index is 5.72. The van der Waals surface area contributed by atoms with E-state index in [1.807, 2.05) is 5.38 Å². The Bertz CT molecular complexity index is 195. The molecule has 4 heteroatoms. The van der Waals surface area contributed by atoms with Crippen LogP contribution in [-0.4, -0.2) is 11.5 Å². The monoisotopic (exact) mass is 171 g/mol. The predicted octanol–water partition coefficient (Wildman–Crippen LogP) is 1.48. The molecule has 0 saturated heterocycles. The molecule has 0 aliphatic carbocycles. The van der Waals surface area contributed by atoms with Crippen LogP contribution in [0.5, 0.6) is 0 Å². The van der Waals surface area contributed by atoms with Crippen LogP contribution >= 0.6 is 11.3 Å². The lowest BCUT2D eigenvalue weighted by atomic mass is 10.2. The van der Waals surface area contributed by atoms with E-state index >= 15 is 0 Å². The number of thiazole rings is 1. The molecular formula is C7H13N3S. The van der Waals surface area contributed by atoms with E-state index in [9.17, 15) is 0 Å². The third-order valence-corrected chi connectivity index (χ3v) is 2.04. The van der Waals surface area contributed by atoms with E-state index in [4.69, 9.17) is 5.84 Å². The Morgan fingerprint density at radius 3 is 2.91 bits per heavy atom. The van der Waals surface area contributed by atoms with Crippen molar-refractivity contribution in [2.75, 3.05) is 11.6 Å². The Morgan fingerprint density at radius 1 is 1.73 bits per heavy atom. The van der Waals surface area contributed by atoms with E-state index in [0.29, 0.717) is 5.92 Å². The Hall–Kier alpha value is -0.610. The van der Waals surface area contributed by atoms with Gasteiger partial charge in [0.05, 0.1) is 0 Å². The van der Waals surface area contributed by atoms with Gasteiger partial charge in [0.2, 0.25) is 0 Å². The summed E-state index contributed by atoms with van der Waals surface area (Å²) in [5.74, 6) is 6.29. The highest BCUT2D eigenvalue weighted by atomic mass is 32.1. The van der Waals surface area contributed by atoms with Gasteiger partial charge in [-0.25, -0.2) is 10.8 Å². The third kappa shape index (κ3) is 2.48. The zero-order valence-corrected chi connectivity index (χ0v) is 7.64. The normalized spacial score (nSPS) is 10.5. The molecule has 0 aromatic carbocycles. The van der Waals surface area contributed by atoms with E-state index in [2.05, 4.69) is 18.8 Å². The molecule has 0 atom stereocenters. The molecule has 62 valence electrons. The topological polar surface area (TPSA) is 42.1 Å². The van der Waals surface area contributed by atoms with E-state index in [0.717, 1.165) is 11.7 Å². The molecule has 1 aromatic rings. The fourth-order valence-corrected chi connectivity index (χ4v) is 1.40. The molecule has 1 heterocycles. The summed E-state index contributed by atoms with van der Waals surface area (Å²) in [4.78, 5) is 4.09. The Kier molecular flexibility index (Phi) is 2.84. The summed E-state index contributed by atoms with van der Waals surface area (Å²) in [6, 6.07) is 0. The van der Waals surface area contributed by atoms with Crippen molar-refractivity contribution in [3.8, 4) is 0 Å². The maximum absolute atomic E-state index is 5.72. The number of hydrazine groups is 1. The molecule has 0 aliphatic heterocycles. The number of nitrogens with two attached hydrogens (primary N) is 1. The van der Waals surface area contributed by atoms with Crippen LogP contribution in [0.2, 0.25) is 0 Å². The minimum atomic E-state index is 0.573. The quantitative estimate of drug-likeness (QED) is 0.553. The van der Waals surface area contributed by atoms with Crippen molar-refractivity contribution >= 4 is 16.5 Å². The molecule has 0 fully saturated rings. The minimum Gasteiger partial charge on any atom is -0.286 e. The van der Waals surface area contributed by atoms with Crippen LogP contribution < -0.4 is 10.9 Å². The summed E-state index contributed by atoms with van der Waals surface area (Å²) in [6.07, 6.45) is 1.76. The highest BCUT2D eigenvalue weighted by Crippen LogP contribution is 2.14. The molecule has 0 spiro atoms. The van der Waals surface area contributed by atoms with Gasteiger partial charge in [-0.3, -0.25) is 5.01 Å². The number of anilines is 1. The molecule has 0 radical (unpaired) electrons. The van der Waals surface area contributed by atoms with Crippen LogP contribution in [0.1, 0.15) is 13.8 Å². The lowest BCUT2D eigenvalue weighted by Crippen LogP contribution is -2.34. The van der Waals surface area contributed by atoms with Crippen LogP contribution in [0.15, 0.2) is 11.6 Å². The highest BCUT2D eigenvalue weighted by molar-refractivity contribution is 7.13. The maximum Gasteiger partial charge on any atom is 0.199 e. The first-order chi connectivity index (χ1) is 5.20. The van der Waals surface area contributed by atoms with Crippen molar-refractivity contribution in [1.29, 1.82) is 0 Å². The second kappa shape index (κ2) is 3.69. The largest absolute Gasteiger partial charge is 0.286 e. The Morgan fingerprint density at radius 2 is 2.45 bits per heavy atom. The number of nitrogens with zero attached hydrogens (tertiary/aromatic N) is 2. The predicted molar refractivity (Wildman–Crippen MR) is 48.5 cm³/mol. The highest BCUT2D eigenvalue weighted by Gasteiger charge is 2.04. The SMILES string of the molecule is CC(C)CN(N)c1nccs1. The van der Waals surface area contributed by atoms with Gasteiger partial charge in [0.25, 0.3) is 0 Å². The van der Waals surface area contributed by atoms with Gasteiger partial charge in [-0.1, -0.05) is 13.8 Å². The van der Waals surface area contributed by atoms with E-state index in [-0.39, 0.29) is 0 Å². The van der Waals surface area contributed by atoms with E-state index < -0.39 is 0 Å². The Balaban J connectivity index is 2.49. The van der Waals surface area contributed by atoms with Crippen molar-refractivity contribution in [2.24, 2.45) is 11.8 Å². The molecule has 3 nitrogen and oxygen atoms in total. The summed E-state index contributed by atoms with van der Waals surface area (Å²) in [7, 11) is 0. The molecule has 0 amide bonds. The minimum absolute atomic E-state index is 0.573. The van der Waals surface area contributed by atoms with Gasteiger partial charge in [-0.15, -0.1) is 11.3 Å². The first-order valence-electron chi connectivity index (χ1n) is 3.62. The third-order valence-electron chi connectivity index (χ3n) is 1.23. The number of hydrogen-bond donors (Lipinski definition) is 1. The molecule has 0 bridgehead atoms. The van der Waals surface area contributed by atoms with Crippen molar-refractivity contribution in [1.82, 2.24) is 4.98 Å². The van der Waals surface area contributed by atoms with Crippen molar-refractivity contribution in [3.63, 3.8) is 0 Å². The lowest BCUT2D eigenvalue weighted by molar-refractivity contribution is 0.620. The van der Waals surface area contributed by atoms with Gasteiger partial charge in [0.1, 0.15) is 0 Å². The van der Waals surface area contributed by atoms with Crippen molar-refractivity contribution in [3.05, 3.63) is 11.6 Å². The van der Waals surface area contributed by atoms with Crippen molar-refractivity contribution in [2.45, 2.75) is 13.8 Å². The van der Waals surface area contributed by atoms with Gasteiger partial charge in [0, 0.05) is 18.1 Å². The summed E-state index contributed by atoms with van der Waals surface area (Å²) in [6.45, 7) is 5.12. The first kappa shape index (κ1) is 8.49. The van der Waals surface area contributed by atoms with Gasteiger partial charge in [-0.05, 0) is 5.92 Å². The number of rotatable bonds is 3. The summed E-state index contributed by atoms with van der Waals surface area (Å²) in [5, 5.41) is 4.50. The molecule has 0 unspecified atom stereocenters. The zero-order chi connectivity index (χ0) is 8.27. The van der Waals surface area contributed by atoms with Crippen LogP contribution in [-0.2, 0) is 0 Å². The van der Waals surface area contributed by atoms with Crippen LogP contribution in [0, 0.1) is 5.92 Å². The molecule has 1 aromatic heterocycles. The van der Waals surface area contributed by atoms with Gasteiger partial charge in [0.15, 0.2) is 5.13 Å². The van der Waals surface area contributed by atoms with Crippen LogP contribution in [0.4, 0.5) is 5.13 Å². The molecule has 0 aliphatic rings. The lowest BCUT2D eigenvalue weighted by Gasteiger charge is -2.16. The standard InChI is InChI=1S/C7H13N3S/c1-6(2)5-10(8)7-9-3-4-11-7/h3-4,6H,5,8H2,1-2H3.